The van der Waals surface area contributed by atoms with Crippen LogP contribution in [0.2, 0.25) is 0 Å². The molecular weight excluding hydrogens is 434 g/mol. The van der Waals surface area contributed by atoms with Crippen molar-refractivity contribution in [1.82, 2.24) is 5.32 Å². The van der Waals surface area contributed by atoms with Gasteiger partial charge in [-0.25, -0.2) is 4.79 Å². The summed E-state index contributed by atoms with van der Waals surface area (Å²) in [5, 5.41) is 32.4. The number of ether oxygens (including phenoxy) is 2. The van der Waals surface area contributed by atoms with Gasteiger partial charge in [-0.2, -0.15) is 0 Å². The molecule has 0 spiro atoms. The number of carboxylic acids is 1. The average Bonchev–Trinajstić information content (AvgIpc) is 2.82. The lowest BCUT2D eigenvalue weighted by Gasteiger charge is -2.21. The Balaban J connectivity index is 1.63. The molecule has 180 valence electrons. The molecule has 0 aromatic heterocycles. The van der Waals surface area contributed by atoms with Crippen LogP contribution < -0.4 is 14.8 Å². The van der Waals surface area contributed by atoms with Crippen molar-refractivity contribution in [3.05, 3.63) is 76.9 Å². The fourth-order valence-corrected chi connectivity index (χ4v) is 3.91. The number of aliphatic hydroxyl groups excluding tert-OH is 1. The number of phenolic OH excluding ortho intramolecular Hbond substituents is 1. The zero-order valence-corrected chi connectivity index (χ0v) is 19.8. The fourth-order valence-electron chi connectivity index (χ4n) is 3.91. The highest BCUT2D eigenvalue weighted by atomic mass is 16.5. The van der Waals surface area contributed by atoms with Crippen molar-refractivity contribution in [3.63, 3.8) is 0 Å². The molecule has 0 fully saturated rings. The second kappa shape index (κ2) is 11.0. The van der Waals surface area contributed by atoms with Crippen LogP contribution in [0.3, 0.4) is 0 Å². The number of aromatic carboxylic acids is 1. The Bertz CT molecular complexity index is 1120. The first-order chi connectivity index (χ1) is 16.2. The highest BCUT2D eigenvalue weighted by Crippen LogP contribution is 2.35. The van der Waals surface area contributed by atoms with E-state index in [1.54, 1.807) is 36.4 Å². The number of carbonyl (C=O) groups is 1. The highest BCUT2D eigenvalue weighted by molar-refractivity contribution is 5.90. The van der Waals surface area contributed by atoms with Crippen LogP contribution in [0.4, 0.5) is 0 Å². The quantitative estimate of drug-likeness (QED) is 0.327. The Morgan fingerprint density at radius 2 is 1.68 bits per heavy atom. The number of hydrogen-bond donors (Lipinski definition) is 4. The second-order valence-electron chi connectivity index (χ2n) is 8.29. The molecule has 3 aromatic rings. The minimum absolute atomic E-state index is 0.164. The van der Waals surface area contributed by atoms with Gasteiger partial charge in [-0.15, -0.1) is 0 Å². The summed E-state index contributed by atoms with van der Waals surface area (Å²) in [6.45, 7) is 6.79. The normalized spacial score (nSPS) is 12.7. The van der Waals surface area contributed by atoms with E-state index in [0.717, 1.165) is 33.6 Å². The van der Waals surface area contributed by atoms with E-state index in [0.29, 0.717) is 18.9 Å². The SMILES string of the molecule is COc1cc(C(=O)O)ccc1-c1cc(C)c(OCCN[C@H](C)[C@@H](O)c2ccc(O)cc2)c(C)c1. The molecule has 3 aromatic carbocycles. The number of rotatable bonds is 10. The van der Waals surface area contributed by atoms with Gasteiger partial charge in [-0.05, 0) is 85.5 Å². The molecule has 0 aliphatic rings. The summed E-state index contributed by atoms with van der Waals surface area (Å²) in [6, 6.07) is 15.1. The predicted octanol–water partition coefficient (Wildman–Crippen LogP) is 4.47. The molecule has 3 rings (SSSR count). The molecule has 0 amide bonds. The average molecular weight is 466 g/mol. The van der Waals surface area contributed by atoms with Crippen LogP contribution in [0.15, 0.2) is 54.6 Å². The van der Waals surface area contributed by atoms with Gasteiger partial charge < -0.3 is 30.1 Å². The van der Waals surface area contributed by atoms with Crippen molar-refractivity contribution in [2.75, 3.05) is 20.3 Å². The van der Waals surface area contributed by atoms with Gasteiger partial charge in [0.05, 0.1) is 18.8 Å². The van der Waals surface area contributed by atoms with E-state index >= 15 is 0 Å². The second-order valence-corrected chi connectivity index (χ2v) is 8.29. The van der Waals surface area contributed by atoms with E-state index in [9.17, 15) is 20.1 Å². The summed E-state index contributed by atoms with van der Waals surface area (Å²) in [4.78, 5) is 11.3. The van der Waals surface area contributed by atoms with Gasteiger partial charge in [0.2, 0.25) is 0 Å². The maximum Gasteiger partial charge on any atom is 0.335 e. The van der Waals surface area contributed by atoms with Gasteiger partial charge >= 0.3 is 5.97 Å². The van der Waals surface area contributed by atoms with Gasteiger partial charge in [-0.3, -0.25) is 0 Å². The van der Waals surface area contributed by atoms with Gasteiger partial charge in [0.15, 0.2) is 0 Å². The summed E-state index contributed by atoms with van der Waals surface area (Å²) in [6.07, 6.45) is -0.703. The summed E-state index contributed by atoms with van der Waals surface area (Å²) in [5.41, 5.74) is 4.54. The molecule has 0 saturated carbocycles. The van der Waals surface area contributed by atoms with Crippen LogP contribution in [0, 0.1) is 13.8 Å². The maximum atomic E-state index is 11.3. The Morgan fingerprint density at radius 3 is 2.26 bits per heavy atom. The first-order valence-electron chi connectivity index (χ1n) is 11.1. The third-order valence-electron chi connectivity index (χ3n) is 5.74. The minimum atomic E-state index is -1.00. The van der Waals surface area contributed by atoms with E-state index in [1.807, 2.05) is 32.9 Å². The lowest BCUT2D eigenvalue weighted by molar-refractivity contribution is 0.0696. The van der Waals surface area contributed by atoms with E-state index in [2.05, 4.69) is 5.32 Å². The number of nitrogens with one attached hydrogen (secondary N) is 1. The number of aromatic hydroxyl groups is 1. The molecule has 34 heavy (non-hydrogen) atoms. The molecule has 0 aliphatic heterocycles. The zero-order chi connectivity index (χ0) is 24.8. The highest BCUT2D eigenvalue weighted by Gasteiger charge is 2.17. The van der Waals surface area contributed by atoms with E-state index in [1.165, 1.54) is 13.2 Å². The number of aliphatic hydroxyl groups is 1. The summed E-state index contributed by atoms with van der Waals surface area (Å²) < 4.78 is 11.5. The third-order valence-corrected chi connectivity index (χ3v) is 5.74. The molecule has 2 atom stereocenters. The van der Waals surface area contributed by atoms with E-state index < -0.39 is 12.1 Å². The summed E-state index contributed by atoms with van der Waals surface area (Å²) in [7, 11) is 1.52. The van der Waals surface area contributed by atoms with Crippen molar-refractivity contribution < 1.29 is 29.6 Å². The Morgan fingerprint density at radius 1 is 1.03 bits per heavy atom. The molecule has 4 N–H and O–H groups in total. The monoisotopic (exact) mass is 465 g/mol. The van der Waals surface area contributed by atoms with Crippen molar-refractivity contribution in [3.8, 4) is 28.4 Å². The molecule has 0 radical (unpaired) electrons. The lowest BCUT2D eigenvalue weighted by atomic mass is 9.98. The summed E-state index contributed by atoms with van der Waals surface area (Å²) in [5.74, 6) is 0.452. The number of carboxylic acid groups (broad SMARTS) is 1. The summed E-state index contributed by atoms with van der Waals surface area (Å²) >= 11 is 0. The van der Waals surface area contributed by atoms with Crippen molar-refractivity contribution in [2.45, 2.75) is 32.9 Å². The van der Waals surface area contributed by atoms with E-state index in [4.69, 9.17) is 9.47 Å². The van der Waals surface area contributed by atoms with Crippen molar-refractivity contribution >= 4 is 5.97 Å². The molecule has 7 nitrogen and oxygen atoms in total. The number of hydrogen-bond acceptors (Lipinski definition) is 6. The first-order valence-corrected chi connectivity index (χ1v) is 11.1. The number of benzene rings is 3. The van der Waals surface area contributed by atoms with Crippen LogP contribution in [0.1, 0.15) is 40.1 Å². The van der Waals surface area contributed by atoms with E-state index in [-0.39, 0.29) is 17.4 Å². The maximum absolute atomic E-state index is 11.3. The number of methoxy groups -OCH3 is 1. The topological polar surface area (TPSA) is 108 Å². The largest absolute Gasteiger partial charge is 0.508 e. The molecular formula is C27H31NO6. The molecule has 0 bridgehead atoms. The van der Waals surface area contributed by atoms with Crippen LogP contribution in [-0.2, 0) is 0 Å². The van der Waals surface area contributed by atoms with Crippen LogP contribution in [0.5, 0.6) is 17.2 Å². The third kappa shape index (κ3) is 5.87. The fraction of sp³-hybridized carbons (Fsp3) is 0.296. The lowest BCUT2D eigenvalue weighted by Crippen LogP contribution is -2.35. The molecule has 7 heteroatoms. The van der Waals surface area contributed by atoms with Crippen molar-refractivity contribution in [1.29, 1.82) is 0 Å². The van der Waals surface area contributed by atoms with Crippen LogP contribution in [0.25, 0.3) is 11.1 Å². The minimum Gasteiger partial charge on any atom is -0.508 e. The van der Waals surface area contributed by atoms with Gasteiger partial charge in [0.1, 0.15) is 23.9 Å². The number of phenols is 1. The van der Waals surface area contributed by atoms with Gasteiger partial charge in [0.25, 0.3) is 0 Å². The standard InChI is InChI=1S/C27H31NO6/c1-16-13-21(23-10-7-20(27(31)32)15-24(23)33-4)14-17(2)26(16)34-12-11-28-18(3)25(30)19-5-8-22(29)9-6-19/h5-10,13-15,18,25,28-30H,11-12H2,1-4H3,(H,31,32)/t18-,25-/m1/s1. The van der Waals surface area contributed by atoms with Crippen molar-refractivity contribution in [2.24, 2.45) is 0 Å². The predicted molar refractivity (Wildman–Crippen MR) is 131 cm³/mol. The smallest absolute Gasteiger partial charge is 0.335 e. The Labute approximate surface area is 199 Å². The van der Waals surface area contributed by atoms with Gasteiger partial charge in [0, 0.05) is 18.2 Å². The number of aryl methyl sites for hydroxylation is 2. The van der Waals surface area contributed by atoms with Crippen LogP contribution >= 0.6 is 0 Å². The van der Waals surface area contributed by atoms with Gasteiger partial charge in [-0.1, -0.05) is 12.1 Å². The molecule has 0 heterocycles. The first kappa shape index (κ1) is 25.1. The zero-order valence-electron chi connectivity index (χ0n) is 19.8. The van der Waals surface area contributed by atoms with Crippen LogP contribution in [-0.4, -0.2) is 47.6 Å². The Kier molecular flexibility index (Phi) is 8.15. The Hall–Kier alpha value is -3.55. The molecule has 0 aliphatic carbocycles. The molecule has 0 saturated heterocycles. The molecule has 0 unspecified atom stereocenters.